The molecule has 1 aromatic carbocycles. The van der Waals surface area contributed by atoms with E-state index in [4.69, 9.17) is 0 Å². The normalized spacial score (nSPS) is 16.3. The quantitative estimate of drug-likeness (QED) is 0.818. The Hall–Kier alpha value is -2.69. The zero-order valence-electron chi connectivity index (χ0n) is 12.6. The fourth-order valence-electron chi connectivity index (χ4n) is 2.63. The van der Waals surface area contributed by atoms with Gasteiger partial charge in [-0.2, -0.15) is 0 Å². The van der Waals surface area contributed by atoms with Crippen LogP contribution in [-0.4, -0.2) is 31.1 Å². The summed E-state index contributed by atoms with van der Waals surface area (Å²) in [7, 11) is 1.58. The van der Waals surface area contributed by atoms with Crippen molar-refractivity contribution in [1.29, 1.82) is 0 Å². The molecule has 5 heteroatoms. The van der Waals surface area contributed by atoms with E-state index in [2.05, 4.69) is 23.5 Å². The van der Waals surface area contributed by atoms with E-state index in [9.17, 15) is 9.59 Å². The molecule has 1 unspecified atom stereocenters. The van der Waals surface area contributed by atoms with Gasteiger partial charge in [-0.15, -0.1) is 0 Å². The molecule has 22 heavy (non-hydrogen) atoms. The van der Waals surface area contributed by atoms with Crippen LogP contribution in [0.3, 0.4) is 0 Å². The highest BCUT2D eigenvalue weighted by Gasteiger charge is 2.36. The summed E-state index contributed by atoms with van der Waals surface area (Å²) in [5, 5.41) is 2.65. The number of fused-ring (bicyclic) bond motifs is 1. The van der Waals surface area contributed by atoms with Gasteiger partial charge in [0, 0.05) is 30.8 Å². The van der Waals surface area contributed by atoms with Gasteiger partial charge in [-0.3, -0.25) is 4.79 Å². The Morgan fingerprint density at radius 2 is 2.18 bits per heavy atom. The van der Waals surface area contributed by atoms with Gasteiger partial charge in [-0.25, -0.2) is 4.99 Å². The van der Waals surface area contributed by atoms with Gasteiger partial charge in [0.15, 0.2) is 0 Å². The van der Waals surface area contributed by atoms with Crippen LogP contribution in [0.4, 0.5) is 5.69 Å². The molecule has 1 heterocycles. The number of carbonyl (C=O) groups excluding carboxylic acids is 2. The zero-order valence-corrected chi connectivity index (χ0v) is 12.6. The third kappa shape index (κ3) is 2.70. The number of amidine groups is 1. The second-order valence-electron chi connectivity index (χ2n) is 4.88. The Morgan fingerprint density at radius 1 is 1.45 bits per heavy atom. The number of aldehydes is 1. The van der Waals surface area contributed by atoms with E-state index in [0.29, 0.717) is 18.7 Å². The molecule has 1 atom stereocenters. The van der Waals surface area contributed by atoms with Crippen molar-refractivity contribution in [2.75, 3.05) is 11.9 Å². The summed E-state index contributed by atoms with van der Waals surface area (Å²) in [5.41, 5.74) is 2.55. The Kier molecular flexibility index (Phi) is 4.88. The van der Waals surface area contributed by atoms with Gasteiger partial charge in [-0.05, 0) is 12.5 Å². The third-order valence-corrected chi connectivity index (χ3v) is 3.62. The molecule has 0 aromatic heterocycles. The molecule has 0 bridgehead atoms. The molecule has 0 saturated heterocycles. The van der Waals surface area contributed by atoms with Crippen LogP contribution in [0.25, 0.3) is 5.57 Å². The second-order valence-corrected chi connectivity index (χ2v) is 4.88. The van der Waals surface area contributed by atoms with E-state index in [1.54, 1.807) is 7.05 Å². The highest BCUT2D eigenvalue weighted by molar-refractivity contribution is 6.36. The van der Waals surface area contributed by atoms with Crippen molar-refractivity contribution in [2.24, 2.45) is 4.99 Å². The van der Waals surface area contributed by atoms with Crippen LogP contribution in [0.2, 0.25) is 0 Å². The number of nitrogens with one attached hydrogen (secondary N) is 1. The number of benzene rings is 1. The van der Waals surface area contributed by atoms with Crippen molar-refractivity contribution >= 4 is 29.3 Å². The number of nitrogens with zero attached hydrogens (tertiary/aromatic N) is 2. The van der Waals surface area contributed by atoms with Gasteiger partial charge < -0.3 is 15.0 Å². The molecule has 0 saturated carbocycles. The van der Waals surface area contributed by atoms with E-state index in [-0.39, 0.29) is 5.91 Å². The molecule has 0 fully saturated rings. The minimum absolute atomic E-state index is 0.164. The van der Waals surface area contributed by atoms with Gasteiger partial charge in [0.05, 0.1) is 5.69 Å². The molecule has 0 radical (unpaired) electrons. The fraction of sp³-hybridized carbons (Fsp3) is 0.235. The molecule has 1 amide bonds. The lowest BCUT2D eigenvalue weighted by Gasteiger charge is -2.28. The fourth-order valence-corrected chi connectivity index (χ4v) is 2.63. The van der Waals surface area contributed by atoms with Crippen molar-refractivity contribution < 1.29 is 9.59 Å². The predicted octanol–water partition coefficient (Wildman–Crippen LogP) is 2.16. The first-order valence-electron chi connectivity index (χ1n) is 7.07. The Bertz CT molecular complexity index is 649. The minimum atomic E-state index is -0.519. The molecule has 1 aromatic rings. The van der Waals surface area contributed by atoms with E-state index in [0.717, 1.165) is 23.1 Å². The number of hydrogen-bond donors (Lipinski definition) is 1. The average molecular weight is 297 g/mol. The lowest BCUT2D eigenvalue weighted by molar-refractivity contribution is -0.121. The molecule has 1 aliphatic heterocycles. The summed E-state index contributed by atoms with van der Waals surface area (Å²) in [4.78, 5) is 29.2. The highest BCUT2D eigenvalue weighted by atomic mass is 16.2. The van der Waals surface area contributed by atoms with E-state index in [1.165, 1.54) is 6.20 Å². The first kappa shape index (κ1) is 15.7. The van der Waals surface area contributed by atoms with Gasteiger partial charge in [0.1, 0.15) is 18.2 Å². The molecule has 114 valence electrons. The molecule has 0 spiro atoms. The number of rotatable bonds is 6. The molecule has 0 aliphatic carbocycles. The van der Waals surface area contributed by atoms with Gasteiger partial charge in [-0.1, -0.05) is 31.4 Å². The number of carbonyl (C=O) groups is 2. The predicted molar refractivity (Wildman–Crippen MR) is 88.7 cm³/mol. The number of anilines is 1. The molecule has 1 N–H and O–H groups in total. The monoisotopic (exact) mass is 297 g/mol. The number of amides is 1. The van der Waals surface area contributed by atoms with Crippen molar-refractivity contribution in [2.45, 2.75) is 18.9 Å². The maximum Gasteiger partial charge on any atom is 0.242 e. The highest BCUT2D eigenvalue weighted by Crippen LogP contribution is 2.38. The summed E-state index contributed by atoms with van der Waals surface area (Å²) < 4.78 is 0. The number of aliphatic imine (C=N–C) groups is 1. The first-order valence-corrected chi connectivity index (χ1v) is 7.07. The van der Waals surface area contributed by atoms with Gasteiger partial charge in [0.2, 0.25) is 5.91 Å². The standard InChI is InChI=1S/C17H19N3O2/c1-4-19-16-12(2)13-8-5-6-9-14(13)20(16)15(10-7-11-21)17(22)18-3/h4-6,8-9,11,15H,1-2,7,10H2,3H3,(H,18,22). The van der Waals surface area contributed by atoms with Gasteiger partial charge in [0.25, 0.3) is 0 Å². The van der Waals surface area contributed by atoms with Crippen molar-refractivity contribution in [1.82, 2.24) is 5.32 Å². The van der Waals surface area contributed by atoms with Crippen LogP contribution in [0, 0.1) is 0 Å². The van der Waals surface area contributed by atoms with E-state index >= 15 is 0 Å². The number of hydrogen-bond acceptors (Lipinski definition) is 3. The third-order valence-electron chi connectivity index (χ3n) is 3.62. The molecular formula is C17H19N3O2. The van der Waals surface area contributed by atoms with Gasteiger partial charge >= 0.3 is 0 Å². The number of likely N-dealkylation sites (N-methyl/N-ethyl adjacent to an activating group) is 1. The van der Waals surface area contributed by atoms with Crippen LogP contribution >= 0.6 is 0 Å². The van der Waals surface area contributed by atoms with Crippen molar-refractivity contribution in [3.05, 3.63) is 49.2 Å². The average Bonchev–Trinajstić information content (AvgIpc) is 2.82. The van der Waals surface area contributed by atoms with Crippen LogP contribution < -0.4 is 10.2 Å². The lowest BCUT2D eigenvalue weighted by Crippen LogP contribution is -2.47. The molecule has 1 aliphatic rings. The SMILES string of the molecule is C=CN=C1C(=C)c2ccccc2N1C(CCC=O)C(=O)NC. The Labute approximate surface area is 130 Å². The van der Waals surface area contributed by atoms with Crippen LogP contribution in [-0.2, 0) is 9.59 Å². The second kappa shape index (κ2) is 6.85. The summed E-state index contributed by atoms with van der Waals surface area (Å²) in [6.45, 7) is 7.70. The topological polar surface area (TPSA) is 61.8 Å². The summed E-state index contributed by atoms with van der Waals surface area (Å²) in [6, 6.07) is 7.16. The van der Waals surface area contributed by atoms with Crippen LogP contribution in [0.15, 0.2) is 48.6 Å². The summed E-state index contributed by atoms with van der Waals surface area (Å²) in [6.07, 6.45) is 2.95. The van der Waals surface area contributed by atoms with Crippen molar-refractivity contribution in [3.8, 4) is 0 Å². The lowest BCUT2D eigenvalue weighted by atomic mass is 10.1. The maximum absolute atomic E-state index is 12.3. The number of para-hydroxylation sites is 1. The molecular weight excluding hydrogens is 278 g/mol. The van der Waals surface area contributed by atoms with E-state index < -0.39 is 6.04 Å². The minimum Gasteiger partial charge on any atom is -0.357 e. The largest absolute Gasteiger partial charge is 0.357 e. The molecule has 2 rings (SSSR count). The van der Waals surface area contributed by atoms with E-state index in [1.807, 2.05) is 29.2 Å². The Morgan fingerprint density at radius 3 is 2.82 bits per heavy atom. The van der Waals surface area contributed by atoms with Crippen LogP contribution in [0.5, 0.6) is 0 Å². The summed E-state index contributed by atoms with van der Waals surface area (Å²) >= 11 is 0. The van der Waals surface area contributed by atoms with Crippen LogP contribution in [0.1, 0.15) is 18.4 Å². The smallest absolute Gasteiger partial charge is 0.242 e. The summed E-state index contributed by atoms with van der Waals surface area (Å²) in [5.74, 6) is 0.429. The maximum atomic E-state index is 12.3. The Balaban J connectivity index is 2.53. The zero-order chi connectivity index (χ0) is 16.1. The first-order chi connectivity index (χ1) is 10.7. The molecule has 5 nitrogen and oxygen atoms in total. The van der Waals surface area contributed by atoms with Crippen molar-refractivity contribution in [3.63, 3.8) is 0 Å².